The minimum atomic E-state index is -1.17. The molecule has 0 aliphatic rings. The minimum absolute atomic E-state index is 0.0501. The van der Waals surface area contributed by atoms with Gasteiger partial charge in [-0.05, 0) is 60.5 Å². The van der Waals surface area contributed by atoms with Gasteiger partial charge in [-0.3, -0.25) is 14.4 Å². The van der Waals surface area contributed by atoms with Crippen molar-refractivity contribution in [1.82, 2.24) is 16.0 Å². The molecule has 10 nitrogen and oxygen atoms in total. The molecule has 5 atom stereocenters. The second-order valence-electron chi connectivity index (χ2n) is 8.87. The lowest BCUT2D eigenvalue weighted by Crippen LogP contribution is -2.59. The Morgan fingerprint density at radius 1 is 0.892 bits per heavy atom. The van der Waals surface area contributed by atoms with Gasteiger partial charge in [-0.1, -0.05) is 32.4 Å². The number of hydrogen-bond donors (Lipinski definition) is 6. The summed E-state index contributed by atoms with van der Waals surface area (Å²) in [6.45, 7) is 3.70. The normalized spacial score (nSPS) is 15.1. The summed E-state index contributed by atoms with van der Waals surface area (Å²) in [5.41, 5.74) is 6.63. The summed E-state index contributed by atoms with van der Waals surface area (Å²) in [6.07, 6.45) is 5.08. The molecular formula is C25H40N4O6S2. The topological polar surface area (TPSA) is 171 Å². The maximum absolute atomic E-state index is 13.4. The van der Waals surface area contributed by atoms with Crippen molar-refractivity contribution in [3.05, 3.63) is 29.8 Å². The fourth-order valence-corrected chi connectivity index (χ4v) is 4.40. The smallest absolute Gasteiger partial charge is 0.326 e. The Balaban J connectivity index is 3.14. The van der Waals surface area contributed by atoms with Crippen molar-refractivity contribution in [3.63, 3.8) is 0 Å². The third-order valence-electron chi connectivity index (χ3n) is 6.00. The van der Waals surface area contributed by atoms with Crippen molar-refractivity contribution in [2.45, 2.75) is 63.7 Å². The number of hydrogen-bond acceptors (Lipinski definition) is 8. The van der Waals surface area contributed by atoms with Crippen molar-refractivity contribution < 1.29 is 29.4 Å². The van der Waals surface area contributed by atoms with E-state index < -0.39 is 47.9 Å². The standard InChI is InChI=1S/C25H40N4O6S2/c1-5-15(2)21(29-22(31)18(26)10-12-36-3)24(33)28-20(14-16-6-8-17(30)9-7-16)23(32)27-19(25(34)35)11-13-37-4/h6-9,15,18-21,30H,5,10-14,26H2,1-4H3,(H,27,32)(H,28,33)(H,29,31)(H,34,35). The highest BCUT2D eigenvalue weighted by molar-refractivity contribution is 7.98. The molecule has 0 saturated heterocycles. The average Bonchev–Trinajstić information content (AvgIpc) is 2.87. The number of nitrogens with one attached hydrogen (secondary N) is 3. The largest absolute Gasteiger partial charge is 0.508 e. The van der Waals surface area contributed by atoms with E-state index >= 15 is 0 Å². The summed E-state index contributed by atoms with van der Waals surface area (Å²) in [6, 6.07) is 2.23. The van der Waals surface area contributed by atoms with Crippen LogP contribution in [-0.4, -0.2) is 82.1 Å². The van der Waals surface area contributed by atoms with E-state index in [0.717, 1.165) is 0 Å². The van der Waals surface area contributed by atoms with Gasteiger partial charge in [0.15, 0.2) is 0 Å². The Morgan fingerprint density at radius 2 is 1.46 bits per heavy atom. The van der Waals surface area contributed by atoms with E-state index in [1.165, 1.54) is 23.9 Å². The lowest BCUT2D eigenvalue weighted by Gasteiger charge is -2.28. The molecule has 3 amide bonds. The molecule has 0 aromatic heterocycles. The Hall–Kier alpha value is -2.44. The van der Waals surface area contributed by atoms with Gasteiger partial charge in [-0.15, -0.1) is 0 Å². The Morgan fingerprint density at radius 3 is 2.00 bits per heavy atom. The first-order valence-corrected chi connectivity index (χ1v) is 15.0. The number of carboxylic acid groups (broad SMARTS) is 1. The average molecular weight is 557 g/mol. The van der Waals surface area contributed by atoms with Crippen molar-refractivity contribution in [3.8, 4) is 5.75 Å². The predicted molar refractivity (Wildman–Crippen MR) is 149 cm³/mol. The molecule has 5 unspecified atom stereocenters. The van der Waals surface area contributed by atoms with Crippen LogP contribution in [0.2, 0.25) is 0 Å². The van der Waals surface area contributed by atoms with Crippen LogP contribution in [0.4, 0.5) is 0 Å². The number of aliphatic carboxylic acids is 1. The Labute approximate surface area is 227 Å². The number of phenolic OH excluding ortho intramolecular Hbond substituents is 1. The number of carbonyl (C=O) groups excluding carboxylic acids is 3. The van der Waals surface area contributed by atoms with Crippen molar-refractivity contribution in [2.24, 2.45) is 11.7 Å². The number of benzene rings is 1. The highest BCUT2D eigenvalue weighted by atomic mass is 32.2. The molecule has 0 heterocycles. The summed E-state index contributed by atoms with van der Waals surface area (Å²) in [5.74, 6) is -1.79. The number of aromatic hydroxyl groups is 1. The van der Waals surface area contributed by atoms with Crippen LogP contribution < -0.4 is 21.7 Å². The summed E-state index contributed by atoms with van der Waals surface area (Å²) in [7, 11) is 0. The highest BCUT2D eigenvalue weighted by Crippen LogP contribution is 2.14. The van der Waals surface area contributed by atoms with Crippen LogP contribution in [0.1, 0.15) is 38.7 Å². The zero-order valence-electron chi connectivity index (χ0n) is 21.9. The number of thioether (sulfide) groups is 2. The van der Waals surface area contributed by atoms with E-state index in [4.69, 9.17) is 5.73 Å². The maximum Gasteiger partial charge on any atom is 0.326 e. The monoisotopic (exact) mass is 556 g/mol. The minimum Gasteiger partial charge on any atom is -0.508 e. The summed E-state index contributed by atoms with van der Waals surface area (Å²) in [5, 5.41) is 27.1. The number of carbonyl (C=O) groups is 4. The molecular weight excluding hydrogens is 516 g/mol. The fraction of sp³-hybridized carbons (Fsp3) is 0.600. The van der Waals surface area contributed by atoms with Crippen molar-refractivity contribution >= 4 is 47.2 Å². The molecule has 0 fully saturated rings. The number of amides is 3. The molecule has 0 saturated carbocycles. The van der Waals surface area contributed by atoms with Crippen LogP contribution in [0.5, 0.6) is 5.75 Å². The summed E-state index contributed by atoms with van der Waals surface area (Å²) in [4.78, 5) is 50.9. The molecule has 0 aliphatic carbocycles. The molecule has 7 N–H and O–H groups in total. The van der Waals surface area contributed by atoms with E-state index in [1.54, 1.807) is 23.9 Å². The van der Waals surface area contributed by atoms with Gasteiger partial charge in [0, 0.05) is 6.42 Å². The lowest BCUT2D eigenvalue weighted by molar-refractivity contribution is -0.142. The number of phenols is 1. The second-order valence-corrected chi connectivity index (χ2v) is 10.8. The van der Waals surface area contributed by atoms with Crippen molar-refractivity contribution in [1.29, 1.82) is 0 Å². The van der Waals surface area contributed by atoms with Gasteiger partial charge in [-0.25, -0.2) is 4.79 Å². The molecule has 0 spiro atoms. The number of nitrogens with two attached hydrogens (primary N) is 1. The SMILES string of the molecule is CCC(C)C(NC(=O)C(N)CCSC)C(=O)NC(Cc1ccc(O)cc1)C(=O)NC(CCSC)C(=O)O. The molecule has 0 aliphatic heterocycles. The second kappa shape index (κ2) is 17.1. The summed E-state index contributed by atoms with van der Waals surface area (Å²) < 4.78 is 0. The van der Waals surface area contributed by atoms with E-state index in [1.807, 2.05) is 26.4 Å². The number of rotatable bonds is 17. The van der Waals surface area contributed by atoms with E-state index in [2.05, 4.69) is 16.0 Å². The third-order valence-corrected chi connectivity index (χ3v) is 7.29. The molecule has 1 aromatic carbocycles. The van der Waals surface area contributed by atoms with Gasteiger partial charge in [0.1, 0.15) is 23.9 Å². The molecule has 1 aromatic rings. The number of carboxylic acids is 1. The van der Waals surface area contributed by atoms with Crippen LogP contribution in [0.15, 0.2) is 24.3 Å². The molecule has 208 valence electrons. The van der Waals surface area contributed by atoms with E-state index in [9.17, 15) is 29.4 Å². The van der Waals surface area contributed by atoms with Gasteiger partial charge < -0.3 is 31.9 Å². The van der Waals surface area contributed by atoms with Crippen LogP contribution >= 0.6 is 23.5 Å². The first-order chi connectivity index (χ1) is 17.5. The highest BCUT2D eigenvalue weighted by Gasteiger charge is 2.32. The van der Waals surface area contributed by atoms with Gasteiger partial charge >= 0.3 is 5.97 Å². The first kappa shape index (κ1) is 32.6. The van der Waals surface area contributed by atoms with Crippen molar-refractivity contribution in [2.75, 3.05) is 24.0 Å². The van der Waals surface area contributed by atoms with Gasteiger partial charge in [0.05, 0.1) is 6.04 Å². The van der Waals surface area contributed by atoms with Gasteiger partial charge in [0.25, 0.3) is 0 Å². The summed E-state index contributed by atoms with van der Waals surface area (Å²) >= 11 is 3.03. The van der Waals surface area contributed by atoms with Crippen LogP contribution in [0.25, 0.3) is 0 Å². The van der Waals surface area contributed by atoms with Gasteiger partial charge in [-0.2, -0.15) is 23.5 Å². The van der Waals surface area contributed by atoms with Crippen LogP contribution in [0.3, 0.4) is 0 Å². The Kier molecular flexibility index (Phi) is 15.1. The zero-order valence-corrected chi connectivity index (χ0v) is 23.5. The van der Waals surface area contributed by atoms with Crippen LogP contribution in [0, 0.1) is 5.92 Å². The zero-order chi connectivity index (χ0) is 28.0. The predicted octanol–water partition coefficient (Wildman–Crippen LogP) is 1.35. The molecule has 1 rings (SSSR count). The molecule has 37 heavy (non-hydrogen) atoms. The quantitative estimate of drug-likeness (QED) is 0.166. The molecule has 12 heteroatoms. The maximum atomic E-state index is 13.4. The van der Waals surface area contributed by atoms with Crippen LogP contribution in [-0.2, 0) is 25.6 Å². The molecule has 0 radical (unpaired) electrons. The fourth-order valence-electron chi connectivity index (χ4n) is 3.44. The molecule has 0 bridgehead atoms. The van der Waals surface area contributed by atoms with Gasteiger partial charge in [0.2, 0.25) is 17.7 Å². The first-order valence-electron chi connectivity index (χ1n) is 12.2. The van der Waals surface area contributed by atoms with E-state index in [0.29, 0.717) is 29.9 Å². The van der Waals surface area contributed by atoms with E-state index in [-0.39, 0.29) is 24.5 Å². The third kappa shape index (κ3) is 11.7. The Bertz CT molecular complexity index is 886. The lowest BCUT2D eigenvalue weighted by atomic mass is 9.96.